The Balaban J connectivity index is 1.53. The summed E-state index contributed by atoms with van der Waals surface area (Å²) < 4.78 is 26.1. The first-order valence-corrected chi connectivity index (χ1v) is 11.6. The van der Waals surface area contributed by atoms with E-state index in [-0.39, 0.29) is 48.1 Å². The number of hydrogen-bond acceptors (Lipinski definition) is 6. The molecule has 2 heterocycles. The van der Waals surface area contributed by atoms with Gasteiger partial charge in [0.25, 0.3) is 0 Å². The predicted octanol–water partition coefficient (Wildman–Crippen LogP) is 2.56. The van der Waals surface area contributed by atoms with Gasteiger partial charge in [0.15, 0.2) is 5.78 Å². The second kappa shape index (κ2) is 8.98. The number of rotatable bonds is 9. The van der Waals surface area contributed by atoms with Crippen molar-refractivity contribution in [3.8, 4) is 0 Å². The maximum atomic E-state index is 12.6. The molecule has 0 bridgehead atoms. The number of Topliss-reactive ketones (excluding diaryl/α,β-unsaturated/α-hetero) is 2. The molecule has 0 aliphatic carbocycles. The van der Waals surface area contributed by atoms with Crippen molar-refractivity contribution in [1.82, 2.24) is 4.72 Å². The molecule has 154 valence electrons. The van der Waals surface area contributed by atoms with Crippen molar-refractivity contribution in [3.63, 3.8) is 0 Å². The molecule has 3 rings (SSSR count). The van der Waals surface area contributed by atoms with Crippen molar-refractivity contribution in [1.29, 1.82) is 0 Å². The SMILES string of the molecule is CNS(=O)(=O)c1ccc2c(c1)CCN2C(=O)CCC(=O)CCC(=O)c1cccs1. The van der Waals surface area contributed by atoms with Gasteiger partial charge in [-0.1, -0.05) is 6.07 Å². The first kappa shape index (κ1) is 21.4. The molecule has 0 unspecified atom stereocenters. The van der Waals surface area contributed by atoms with Crippen LogP contribution >= 0.6 is 11.3 Å². The summed E-state index contributed by atoms with van der Waals surface area (Å²) in [6.45, 7) is 0.461. The molecule has 0 saturated carbocycles. The molecule has 1 N–H and O–H groups in total. The molecule has 7 nitrogen and oxygen atoms in total. The van der Waals surface area contributed by atoms with Gasteiger partial charge in [-0.15, -0.1) is 11.3 Å². The molecule has 0 saturated heterocycles. The van der Waals surface area contributed by atoms with Crippen molar-refractivity contribution >= 4 is 44.5 Å². The fourth-order valence-electron chi connectivity index (χ4n) is 3.24. The van der Waals surface area contributed by atoms with Gasteiger partial charge in [0, 0.05) is 37.9 Å². The number of ketones is 2. The first-order chi connectivity index (χ1) is 13.8. The van der Waals surface area contributed by atoms with E-state index >= 15 is 0 Å². The van der Waals surface area contributed by atoms with Crippen LogP contribution in [0.25, 0.3) is 0 Å². The van der Waals surface area contributed by atoms with Crippen LogP contribution in [0.15, 0.2) is 40.6 Å². The summed E-state index contributed by atoms with van der Waals surface area (Å²) in [6.07, 6.45) is 1.02. The monoisotopic (exact) mass is 434 g/mol. The summed E-state index contributed by atoms with van der Waals surface area (Å²) in [5, 5.41) is 1.82. The molecule has 1 aromatic carbocycles. The Morgan fingerprint density at radius 2 is 1.86 bits per heavy atom. The smallest absolute Gasteiger partial charge is 0.240 e. The molecule has 9 heteroatoms. The minimum Gasteiger partial charge on any atom is -0.312 e. The van der Waals surface area contributed by atoms with Crippen molar-refractivity contribution in [2.45, 2.75) is 37.0 Å². The molecule has 0 atom stereocenters. The number of sulfonamides is 1. The summed E-state index contributed by atoms with van der Waals surface area (Å²) in [5.74, 6) is -0.343. The van der Waals surface area contributed by atoms with Crippen molar-refractivity contribution in [2.24, 2.45) is 0 Å². The molecule has 1 aliphatic rings. The Labute approximate surface area is 173 Å². The van der Waals surface area contributed by atoms with Gasteiger partial charge in [0.2, 0.25) is 15.9 Å². The zero-order valence-corrected chi connectivity index (χ0v) is 17.6. The number of hydrogen-bond donors (Lipinski definition) is 1. The van der Waals surface area contributed by atoms with E-state index in [9.17, 15) is 22.8 Å². The van der Waals surface area contributed by atoms with Gasteiger partial charge < -0.3 is 4.90 Å². The third-order valence-electron chi connectivity index (χ3n) is 4.87. The molecule has 29 heavy (non-hydrogen) atoms. The van der Waals surface area contributed by atoms with Gasteiger partial charge in [-0.05, 0) is 48.7 Å². The van der Waals surface area contributed by atoms with Crippen LogP contribution in [0, 0.1) is 0 Å². The van der Waals surface area contributed by atoms with Gasteiger partial charge in [-0.2, -0.15) is 0 Å². The van der Waals surface area contributed by atoms with Crippen LogP contribution < -0.4 is 9.62 Å². The van der Waals surface area contributed by atoms with Crippen molar-refractivity contribution in [2.75, 3.05) is 18.5 Å². The molecular formula is C20H22N2O5S2. The average Bonchev–Trinajstić information content (AvgIpc) is 3.39. The van der Waals surface area contributed by atoms with Crippen LogP contribution in [-0.4, -0.2) is 39.5 Å². The Morgan fingerprint density at radius 1 is 1.10 bits per heavy atom. The number of thiophene rings is 1. The highest BCUT2D eigenvalue weighted by atomic mass is 32.2. The quantitative estimate of drug-likeness (QED) is 0.612. The number of nitrogens with one attached hydrogen (secondary N) is 1. The van der Waals surface area contributed by atoms with E-state index in [0.29, 0.717) is 23.5 Å². The Hall–Kier alpha value is -2.36. The van der Waals surface area contributed by atoms with E-state index < -0.39 is 10.0 Å². The standard InChI is InChI=1S/C20H22N2O5S2/c1-21-29(26,27)16-6-7-17-14(13-16)10-11-22(17)20(25)9-5-15(23)4-8-18(24)19-3-2-12-28-19/h2-3,6-7,12-13,21H,4-5,8-11H2,1H3. The van der Waals surface area contributed by atoms with Gasteiger partial charge in [-0.25, -0.2) is 13.1 Å². The number of anilines is 1. The van der Waals surface area contributed by atoms with Gasteiger partial charge >= 0.3 is 0 Å². The van der Waals surface area contributed by atoms with Crippen LogP contribution in [0.3, 0.4) is 0 Å². The van der Waals surface area contributed by atoms with E-state index in [4.69, 9.17) is 0 Å². The first-order valence-electron chi connectivity index (χ1n) is 9.27. The normalized spacial score (nSPS) is 13.3. The van der Waals surface area contributed by atoms with Gasteiger partial charge in [-0.3, -0.25) is 14.4 Å². The Morgan fingerprint density at radius 3 is 2.55 bits per heavy atom. The number of carbonyl (C=O) groups is 3. The maximum Gasteiger partial charge on any atom is 0.240 e. The summed E-state index contributed by atoms with van der Waals surface area (Å²) in [7, 11) is -2.18. The fraction of sp³-hybridized carbons (Fsp3) is 0.350. The molecule has 1 aliphatic heterocycles. The van der Waals surface area contributed by atoms with Gasteiger partial charge in [0.05, 0.1) is 9.77 Å². The lowest BCUT2D eigenvalue weighted by Gasteiger charge is -2.17. The van der Waals surface area contributed by atoms with Crippen LogP contribution in [0.4, 0.5) is 5.69 Å². The molecule has 0 spiro atoms. The van der Waals surface area contributed by atoms with Crippen molar-refractivity contribution < 1.29 is 22.8 Å². The average molecular weight is 435 g/mol. The maximum absolute atomic E-state index is 12.6. The highest BCUT2D eigenvalue weighted by molar-refractivity contribution is 7.89. The Kier molecular flexibility index (Phi) is 6.61. The molecule has 2 aromatic rings. The second-order valence-electron chi connectivity index (χ2n) is 6.73. The van der Waals surface area contributed by atoms with Crippen LogP contribution in [0.1, 0.15) is 40.9 Å². The van der Waals surface area contributed by atoms with E-state index in [1.54, 1.807) is 29.2 Å². The lowest BCUT2D eigenvalue weighted by Crippen LogP contribution is -2.29. The minimum absolute atomic E-state index is 0.0551. The second-order valence-corrected chi connectivity index (χ2v) is 9.57. The lowest BCUT2D eigenvalue weighted by molar-refractivity contribution is -0.123. The van der Waals surface area contributed by atoms with Crippen LogP contribution in [0.2, 0.25) is 0 Å². The number of carbonyl (C=O) groups excluding carboxylic acids is 3. The molecule has 1 amide bonds. The lowest BCUT2D eigenvalue weighted by atomic mass is 10.1. The summed E-state index contributed by atoms with van der Waals surface area (Å²) in [6, 6.07) is 8.21. The predicted molar refractivity (Wildman–Crippen MR) is 111 cm³/mol. The van der Waals surface area contributed by atoms with E-state index in [2.05, 4.69) is 4.72 Å². The van der Waals surface area contributed by atoms with Crippen LogP contribution in [0.5, 0.6) is 0 Å². The highest BCUT2D eigenvalue weighted by Crippen LogP contribution is 2.30. The van der Waals surface area contributed by atoms with Crippen molar-refractivity contribution in [3.05, 3.63) is 46.2 Å². The van der Waals surface area contributed by atoms with E-state index in [0.717, 1.165) is 5.56 Å². The zero-order valence-electron chi connectivity index (χ0n) is 16.0. The third-order valence-corrected chi connectivity index (χ3v) is 7.19. The molecule has 1 aromatic heterocycles. The fourth-order valence-corrected chi connectivity index (χ4v) is 4.72. The molecular weight excluding hydrogens is 412 g/mol. The summed E-state index contributed by atoms with van der Waals surface area (Å²) >= 11 is 1.35. The molecule has 0 fully saturated rings. The zero-order chi connectivity index (χ0) is 21.0. The number of nitrogens with zero attached hydrogens (tertiary/aromatic N) is 1. The van der Waals surface area contributed by atoms with E-state index in [1.807, 2.05) is 5.38 Å². The number of amides is 1. The number of fused-ring (bicyclic) bond motifs is 1. The minimum atomic E-state index is -3.53. The van der Waals surface area contributed by atoms with Gasteiger partial charge in [0.1, 0.15) is 5.78 Å². The third kappa shape index (κ3) is 4.98. The topological polar surface area (TPSA) is 101 Å². The highest BCUT2D eigenvalue weighted by Gasteiger charge is 2.26. The largest absolute Gasteiger partial charge is 0.312 e. The van der Waals surface area contributed by atoms with Crippen LogP contribution in [-0.2, 0) is 26.0 Å². The Bertz CT molecular complexity index is 1030. The number of benzene rings is 1. The summed E-state index contributed by atoms with van der Waals surface area (Å²) in [5.41, 5.74) is 1.48. The summed E-state index contributed by atoms with van der Waals surface area (Å²) in [4.78, 5) is 39.0. The molecule has 0 radical (unpaired) electrons. The van der Waals surface area contributed by atoms with E-state index in [1.165, 1.54) is 24.5 Å².